The van der Waals surface area contributed by atoms with Crippen molar-refractivity contribution in [2.24, 2.45) is 0 Å². The highest BCUT2D eigenvalue weighted by Gasteiger charge is 2.24. The van der Waals surface area contributed by atoms with Gasteiger partial charge in [-0.15, -0.1) is 5.10 Å². The van der Waals surface area contributed by atoms with Gasteiger partial charge in [-0.1, -0.05) is 30.3 Å². The number of nitrogens with one attached hydrogen (secondary N) is 2. The van der Waals surface area contributed by atoms with Gasteiger partial charge in [0.15, 0.2) is 6.67 Å². The first kappa shape index (κ1) is 17.6. The number of hydrogen-bond donors (Lipinski definition) is 2. The van der Waals surface area contributed by atoms with Gasteiger partial charge in [0, 0.05) is 5.56 Å². The summed E-state index contributed by atoms with van der Waals surface area (Å²) >= 11 is 7.16. The van der Waals surface area contributed by atoms with E-state index >= 15 is 0 Å². The van der Waals surface area contributed by atoms with E-state index < -0.39 is 0 Å². The maximum Gasteiger partial charge on any atom is 0.291 e. The Morgan fingerprint density at radius 2 is 1.81 bits per heavy atom. The monoisotopic (exact) mass is 388 g/mol. The summed E-state index contributed by atoms with van der Waals surface area (Å²) in [6, 6.07) is 12.5. The summed E-state index contributed by atoms with van der Waals surface area (Å²) in [5, 5.41) is 9.02. The third kappa shape index (κ3) is 4.48. The van der Waals surface area contributed by atoms with E-state index in [1.807, 2.05) is 22.9 Å². The van der Waals surface area contributed by atoms with Crippen LogP contribution in [0, 0.1) is 4.84 Å². The van der Waals surface area contributed by atoms with Crippen LogP contribution in [0.5, 0.6) is 0 Å². The van der Waals surface area contributed by atoms with Crippen molar-refractivity contribution in [2.45, 2.75) is 19.6 Å². The third-order valence-corrected chi connectivity index (χ3v) is 5.94. The smallest absolute Gasteiger partial charge is 0.291 e. The van der Waals surface area contributed by atoms with Crippen molar-refractivity contribution in [3.05, 3.63) is 69.0 Å². The van der Waals surface area contributed by atoms with Crippen LogP contribution in [-0.2, 0) is 19.6 Å². The Morgan fingerprint density at radius 3 is 2.54 bits per heavy atom. The molecule has 1 aliphatic heterocycles. The van der Waals surface area contributed by atoms with Crippen LogP contribution in [0.4, 0.5) is 0 Å². The molecule has 26 heavy (non-hydrogen) atoms. The summed E-state index contributed by atoms with van der Waals surface area (Å²) in [6.07, 6.45) is 0.686. The number of benzene rings is 1. The summed E-state index contributed by atoms with van der Waals surface area (Å²) in [5.74, 6) is 0.697. The van der Waals surface area contributed by atoms with Crippen molar-refractivity contribution in [1.29, 1.82) is 0 Å². The van der Waals surface area contributed by atoms with E-state index in [2.05, 4.69) is 34.1 Å². The predicted octanol–water partition coefficient (Wildman–Crippen LogP) is 0.799. The van der Waals surface area contributed by atoms with E-state index in [1.165, 1.54) is 29.1 Å². The first-order valence-electron chi connectivity index (χ1n) is 9.05. The van der Waals surface area contributed by atoms with E-state index in [4.69, 9.17) is 16.6 Å². The molecule has 1 fully saturated rings. The number of hydrogen-bond acceptors (Lipinski definition) is 4. The Bertz CT molecular complexity index is 865. The molecule has 1 aromatic carbocycles. The van der Waals surface area contributed by atoms with Crippen molar-refractivity contribution in [3.8, 4) is 0 Å². The fourth-order valence-electron chi connectivity index (χ4n) is 3.48. The van der Waals surface area contributed by atoms with Crippen molar-refractivity contribution >= 4 is 23.6 Å². The van der Waals surface area contributed by atoms with Gasteiger partial charge in [-0.25, -0.2) is 0 Å². The number of aromatic nitrogens is 2. The van der Waals surface area contributed by atoms with E-state index in [0.717, 1.165) is 26.3 Å². The van der Waals surface area contributed by atoms with Gasteiger partial charge < -0.3 is 14.2 Å². The molecule has 0 bridgehead atoms. The lowest BCUT2D eigenvalue weighted by atomic mass is 10.2. The molecule has 0 radical (unpaired) electrons. The highest BCUT2D eigenvalue weighted by Crippen LogP contribution is 2.08. The van der Waals surface area contributed by atoms with Crippen LogP contribution in [0.2, 0.25) is 0 Å². The third-order valence-electron chi connectivity index (χ3n) is 4.92. The Morgan fingerprint density at radius 1 is 1.04 bits per heavy atom. The first-order chi connectivity index (χ1) is 12.8. The van der Waals surface area contributed by atoms with Crippen LogP contribution >= 0.6 is 23.6 Å². The summed E-state index contributed by atoms with van der Waals surface area (Å²) < 4.78 is 7.55. The molecular weight excluding hydrogens is 364 g/mol. The molecule has 0 atom stereocenters. The fourth-order valence-corrected chi connectivity index (χ4v) is 4.35. The second-order valence-corrected chi connectivity index (χ2v) is 8.02. The molecule has 2 aromatic heterocycles. The van der Waals surface area contributed by atoms with E-state index in [-0.39, 0.29) is 0 Å². The first-order valence-corrected chi connectivity index (χ1v) is 10.4. The van der Waals surface area contributed by atoms with Crippen LogP contribution in [-0.4, -0.2) is 36.0 Å². The van der Waals surface area contributed by atoms with Gasteiger partial charge in [-0.3, -0.25) is 0 Å². The number of thiophene rings is 1. The van der Waals surface area contributed by atoms with Gasteiger partial charge >= 0.3 is 0 Å². The van der Waals surface area contributed by atoms with Gasteiger partial charge in [-0.05, 0) is 34.6 Å². The standard InChI is InChI=1S/C19H22N4OS2/c25-19-23(20-18(24-19)12-16-4-2-1-3-5-16)15-22-9-7-21(8-10-22)13-17-6-11-26-14-17/h1-6,11,14H,7-10,12-13,15H2/p+2. The highest BCUT2D eigenvalue weighted by molar-refractivity contribution is 7.71. The largest absolute Gasteiger partial charge is 0.413 e. The second-order valence-electron chi connectivity index (χ2n) is 6.89. The lowest BCUT2D eigenvalue weighted by Crippen LogP contribution is -3.27. The number of nitrogens with zero attached hydrogens (tertiary/aromatic N) is 2. The molecular formula is C19H24N4OS2+2. The maximum absolute atomic E-state index is 5.70. The highest BCUT2D eigenvalue weighted by atomic mass is 32.1. The molecule has 4 rings (SSSR count). The fraction of sp³-hybridized carbons (Fsp3) is 0.368. The van der Waals surface area contributed by atoms with Crippen molar-refractivity contribution in [2.75, 3.05) is 26.2 Å². The SMILES string of the molecule is S=c1oc(Cc2ccccc2)nn1C[NH+]1CC[NH+](Cc2ccsc2)CC1. The van der Waals surface area contributed by atoms with Crippen LogP contribution < -0.4 is 9.80 Å². The predicted molar refractivity (Wildman–Crippen MR) is 104 cm³/mol. The Labute approximate surface area is 162 Å². The number of quaternary nitrogens is 2. The summed E-state index contributed by atoms with van der Waals surface area (Å²) in [7, 11) is 0. The minimum atomic E-state index is 0.483. The van der Waals surface area contributed by atoms with E-state index in [9.17, 15) is 0 Å². The molecule has 1 saturated heterocycles. The summed E-state index contributed by atoms with van der Waals surface area (Å²) in [6.45, 7) is 6.59. The molecule has 3 heterocycles. The minimum Gasteiger partial charge on any atom is -0.413 e. The van der Waals surface area contributed by atoms with Crippen LogP contribution in [0.15, 0.2) is 51.6 Å². The molecule has 2 N–H and O–H groups in total. The van der Waals surface area contributed by atoms with Gasteiger partial charge in [0.25, 0.3) is 4.84 Å². The molecule has 0 spiro atoms. The van der Waals surface area contributed by atoms with Gasteiger partial charge in [0.05, 0.1) is 6.42 Å². The normalized spacial score (nSPS) is 20.3. The van der Waals surface area contributed by atoms with Crippen LogP contribution in [0.3, 0.4) is 0 Å². The average molecular weight is 389 g/mol. The molecule has 136 valence electrons. The van der Waals surface area contributed by atoms with Crippen LogP contribution in [0.25, 0.3) is 0 Å². The van der Waals surface area contributed by atoms with E-state index in [1.54, 1.807) is 16.2 Å². The minimum absolute atomic E-state index is 0.483. The topological polar surface area (TPSA) is 39.8 Å². The molecule has 5 nitrogen and oxygen atoms in total. The zero-order valence-corrected chi connectivity index (χ0v) is 16.3. The second kappa shape index (κ2) is 8.26. The lowest BCUT2D eigenvalue weighted by Gasteiger charge is -2.29. The molecule has 3 aromatic rings. The lowest BCUT2D eigenvalue weighted by molar-refractivity contribution is -1.03. The zero-order valence-electron chi connectivity index (χ0n) is 14.7. The molecule has 0 saturated carbocycles. The maximum atomic E-state index is 5.70. The summed E-state index contributed by atoms with van der Waals surface area (Å²) in [4.78, 5) is 3.67. The molecule has 7 heteroatoms. The van der Waals surface area contributed by atoms with E-state index in [0.29, 0.717) is 17.1 Å². The Balaban J connectivity index is 1.31. The molecule has 0 unspecified atom stereocenters. The van der Waals surface area contributed by atoms with Gasteiger partial charge in [-0.2, -0.15) is 16.0 Å². The summed E-state index contributed by atoms with van der Waals surface area (Å²) in [5.41, 5.74) is 2.65. The Kier molecular flexibility index (Phi) is 5.59. The van der Waals surface area contributed by atoms with Crippen molar-refractivity contribution in [3.63, 3.8) is 0 Å². The van der Waals surface area contributed by atoms with Crippen molar-refractivity contribution < 1.29 is 14.2 Å². The number of rotatable bonds is 6. The average Bonchev–Trinajstić information content (AvgIpc) is 3.28. The zero-order chi connectivity index (χ0) is 17.8. The molecule has 0 amide bonds. The quantitative estimate of drug-likeness (QED) is 0.614. The van der Waals surface area contributed by atoms with Crippen LogP contribution in [0.1, 0.15) is 17.0 Å². The molecule has 0 aliphatic carbocycles. The Hall–Kier alpha value is -1.80. The van der Waals surface area contributed by atoms with Gasteiger partial charge in [0.1, 0.15) is 32.7 Å². The van der Waals surface area contributed by atoms with Crippen molar-refractivity contribution in [1.82, 2.24) is 9.78 Å². The number of piperazine rings is 1. The molecule has 1 aliphatic rings. The van der Waals surface area contributed by atoms with Gasteiger partial charge in [0.2, 0.25) is 5.89 Å².